The maximum absolute atomic E-state index is 4.62. The molecule has 0 aliphatic heterocycles. The summed E-state index contributed by atoms with van der Waals surface area (Å²) in [5, 5.41) is 7.69. The Kier molecular flexibility index (Phi) is 3.44. The SMILES string of the molecule is CNc1cc(-c2cc(C)nn2-c2ccc(C)cc2)ccn1. The summed E-state index contributed by atoms with van der Waals surface area (Å²) in [6, 6.07) is 14.5. The highest BCUT2D eigenvalue weighted by Crippen LogP contribution is 2.25. The topological polar surface area (TPSA) is 42.7 Å². The van der Waals surface area contributed by atoms with E-state index in [1.54, 1.807) is 0 Å². The van der Waals surface area contributed by atoms with Crippen molar-refractivity contribution in [2.45, 2.75) is 13.8 Å². The Balaban J connectivity index is 2.13. The van der Waals surface area contributed by atoms with Crippen LogP contribution in [0.5, 0.6) is 0 Å². The second-order valence-electron chi connectivity index (χ2n) is 5.10. The number of benzene rings is 1. The fraction of sp³-hybridized carbons (Fsp3) is 0.176. The number of nitrogens with one attached hydrogen (secondary N) is 1. The van der Waals surface area contributed by atoms with Gasteiger partial charge in [-0.3, -0.25) is 0 Å². The number of pyridine rings is 1. The van der Waals surface area contributed by atoms with Gasteiger partial charge >= 0.3 is 0 Å². The monoisotopic (exact) mass is 278 g/mol. The zero-order chi connectivity index (χ0) is 14.8. The molecule has 106 valence electrons. The van der Waals surface area contributed by atoms with Crippen LogP contribution in [0.25, 0.3) is 16.9 Å². The van der Waals surface area contributed by atoms with Crippen LogP contribution in [0.2, 0.25) is 0 Å². The first-order valence-electron chi connectivity index (χ1n) is 6.95. The summed E-state index contributed by atoms with van der Waals surface area (Å²) >= 11 is 0. The number of nitrogens with zero attached hydrogens (tertiary/aromatic N) is 3. The summed E-state index contributed by atoms with van der Waals surface area (Å²) in [4.78, 5) is 4.26. The van der Waals surface area contributed by atoms with Gasteiger partial charge in [0.2, 0.25) is 0 Å². The largest absolute Gasteiger partial charge is 0.373 e. The highest BCUT2D eigenvalue weighted by molar-refractivity contribution is 5.65. The molecule has 0 amide bonds. The Hall–Kier alpha value is -2.62. The molecular weight excluding hydrogens is 260 g/mol. The van der Waals surface area contributed by atoms with E-state index in [-0.39, 0.29) is 0 Å². The Morgan fingerprint density at radius 3 is 2.48 bits per heavy atom. The maximum atomic E-state index is 4.62. The van der Waals surface area contributed by atoms with Crippen molar-refractivity contribution in [2.75, 3.05) is 12.4 Å². The van der Waals surface area contributed by atoms with Crippen molar-refractivity contribution >= 4 is 5.82 Å². The van der Waals surface area contributed by atoms with Crippen LogP contribution >= 0.6 is 0 Å². The summed E-state index contributed by atoms with van der Waals surface area (Å²) in [5.74, 6) is 0.849. The van der Waals surface area contributed by atoms with Crippen LogP contribution in [-0.2, 0) is 0 Å². The standard InChI is InChI=1S/C17H18N4/c1-12-4-6-15(7-5-12)21-16(10-13(2)20-21)14-8-9-19-17(11-14)18-3/h4-11H,1-3H3,(H,18,19). The minimum Gasteiger partial charge on any atom is -0.373 e. The van der Waals surface area contributed by atoms with Gasteiger partial charge in [0.05, 0.1) is 17.1 Å². The molecule has 0 saturated carbocycles. The van der Waals surface area contributed by atoms with Gasteiger partial charge in [-0.05, 0) is 44.2 Å². The first kappa shape index (κ1) is 13.4. The molecule has 0 aliphatic rings. The first-order valence-corrected chi connectivity index (χ1v) is 6.95. The molecule has 1 N–H and O–H groups in total. The number of aromatic nitrogens is 3. The van der Waals surface area contributed by atoms with E-state index < -0.39 is 0 Å². The molecule has 0 unspecified atom stereocenters. The molecule has 0 spiro atoms. The van der Waals surface area contributed by atoms with Crippen LogP contribution in [0.15, 0.2) is 48.7 Å². The zero-order valence-electron chi connectivity index (χ0n) is 12.5. The fourth-order valence-corrected chi connectivity index (χ4v) is 2.31. The Morgan fingerprint density at radius 1 is 1.00 bits per heavy atom. The van der Waals surface area contributed by atoms with Gasteiger partial charge in [0.1, 0.15) is 5.82 Å². The predicted molar refractivity (Wildman–Crippen MR) is 85.8 cm³/mol. The lowest BCUT2D eigenvalue weighted by molar-refractivity contribution is 0.868. The normalized spacial score (nSPS) is 10.6. The van der Waals surface area contributed by atoms with Gasteiger partial charge in [-0.25, -0.2) is 9.67 Å². The number of anilines is 1. The lowest BCUT2D eigenvalue weighted by atomic mass is 10.1. The van der Waals surface area contributed by atoms with Crippen LogP contribution in [0.3, 0.4) is 0 Å². The first-order chi connectivity index (χ1) is 10.2. The quantitative estimate of drug-likeness (QED) is 0.796. The fourth-order valence-electron chi connectivity index (χ4n) is 2.31. The van der Waals surface area contributed by atoms with Gasteiger partial charge in [-0.1, -0.05) is 17.7 Å². The molecule has 0 bridgehead atoms. The summed E-state index contributed by atoms with van der Waals surface area (Å²) in [6.45, 7) is 4.09. The van der Waals surface area contributed by atoms with E-state index in [1.165, 1.54) is 5.56 Å². The minimum absolute atomic E-state index is 0.849. The summed E-state index contributed by atoms with van der Waals surface area (Å²) in [5.41, 5.74) is 5.45. The minimum atomic E-state index is 0.849. The molecule has 2 aromatic heterocycles. The van der Waals surface area contributed by atoms with Crippen LogP contribution in [0, 0.1) is 13.8 Å². The smallest absolute Gasteiger partial charge is 0.126 e. The number of aryl methyl sites for hydroxylation is 2. The highest BCUT2D eigenvalue weighted by Gasteiger charge is 2.10. The summed E-state index contributed by atoms with van der Waals surface area (Å²) in [7, 11) is 1.87. The third-order valence-electron chi connectivity index (χ3n) is 3.42. The molecule has 4 nitrogen and oxygen atoms in total. The average molecular weight is 278 g/mol. The maximum Gasteiger partial charge on any atom is 0.126 e. The molecule has 0 radical (unpaired) electrons. The van der Waals surface area contributed by atoms with Crippen molar-refractivity contribution in [3.63, 3.8) is 0 Å². The van der Waals surface area contributed by atoms with E-state index in [1.807, 2.05) is 37.0 Å². The van der Waals surface area contributed by atoms with Gasteiger partial charge in [0.15, 0.2) is 0 Å². The average Bonchev–Trinajstić information content (AvgIpc) is 2.90. The molecule has 0 atom stereocenters. The van der Waals surface area contributed by atoms with Crippen molar-refractivity contribution in [2.24, 2.45) is 0 Å². The van der Waals surface area contributed by atoms with E-state index in [2.05, 4.69) is 52.7 Å². The molecule has 3 rings (SSSR count). The third kappa shape index (κ3) is 2.65. The van der Waals surface area contributed by atoms with Crippen molar-refractivity contribution in [3.05, 3.63) is 59.9 Å². The summed E-state index contributed by atoms with van der Waals surface area (Å²) < 4.78 is 1.98. The lowest BCUT2D eigenvalue weighted by Crippen LogP contribution is -2.00. The molecule has 0 aliphatic carbocycles. The van der Waals surface area contributed by atoms with Crippen LogP contribution in [0.4, 0.5) is 5.82 Å². The van der Waals surface area contributed by atoms with Crippen LogP contribution in [-0.4, -0.2) is 21.8 Å². The second kappa shape index (κ2) is 5.40. The molecular formula is C17H18N4. The summed E-state index contributed by atoms with van der Waals surface area (Å²) in [6.07, 6.45) is 1.81. The molecule has 0 fully saturated rings. The molecule has 21 heavy (non-hydrogen) atoms. The van der Waals surface area contributed by atoms with Crippen LogP contribution in [0.1, 0.15) is 11.3 Å². The van der Waals surface area contributed by atoms with E-state index in [0.29, 0.717) is 0 Å². The molecule has 0 saturated heterocycles. The van der Waals surface area contributed by atoms with Crippen LogP contribution < -0.4 is 5.32 Å². The van der Waals surface area contributed by atoms with Crippen molar-refractivity contribution in [3.8, 4) is 16.9 Å². The van der Waals surface area contributed by atoms with E-state index in [4.69, 9.17) is 0 Å². The van der Waals surface area contributed by atoms with E-state index in [0.717, 1.165) is 28.5 Å². The molecule has 2 heterocycles. The third-order valence-corrected chi connectivity index (χ3v) is 3.42. The second-order valence-corrected chi connectivity index (χ2v) is 5.10. The number of rotatable bonds is 3. The number of hydrogen-bond donors (Lipinski definition) is 1. The van der Waals surface area contributed by atoms with Gasteiger partial charge in [0, 0.05) is 18.8 Å². The highest BCUT2D eigenvalue weighted by atomic mass is 15.3. The van der Waals surface area contributed by atoms with Crippen molar-refractivity contribution in [1.29, 1.82) is 0 Å². The predicted octanol–water partition coefficient (Wildman–Crippen LogP) is 3.59. The Morgan fingerprint density at radius 2 is 1.76 bits per heavy atom. The molecule has 4 heteroatoms. The molecule has 3 aromatic rings. The van der Waals surface area contributed by atoms with Gasteiger partial charge < -0.3 is 5.32 Å². The zero-order valence-corrected chi connectivity index (χ0v) is 12.5. The van der Waals surface area contributed by atoms with E-state index in [9.17, 15) is 0 Å². The van der Waals surface area contributed by atoms with Crippen molar-refractivity contribution < 1.29 is 0 Å². The Labute approximate surface area is 124 Å². The molecule has 1 aromatic carbocycles. The van der Waals surface area contributed by atoms with Gasteiger partial charge in [-0.2, -0.15) is 5.10 Å². The van der Waals surface area contributed by atoms with Gasteiger partial charge in [-0.15, -0.1) is 0 Å². The van der Waals surface area contributed by atoms with E-state index >= 15 is 0 Å². The number of hydrogen-bond acceptors (Lipinski definition) is 3. The lowest BCUT2D eigenvalue weighted by Gasteiger charge is -2.09. The Bertz CT molecular complexity index is 757. The van der Waals surface area contributed by atoms with Crippen molar-refractivity contribution in [1.82, 2.24) is 14.8 Å². The van der Waals surface area contributed by atoms with Gasteiger partial charge in [0.25, 0.3) is 0 Å².